The molecule has 0 aliphatic carbocycles. The predicted octanol–water partition coefficient (Wildman–Crippen LogP) is 3.52. The van der Waals surface area contributed by atoms with Crippen molar-refractivity contribution in [3.8, 4) is 0 Å². The Bertz CT molecular complexity index is 544. The number of nitrogens with two attached hydrogens (primary N) is 1. The fourth-order valence-corrected chi connectivity index (χ4v) is 2.46. The van der Waals surface area contributed by atoms with E-state index in [2.05, 4.69) is 74.3 Å². The lowest BCUT2D eigenvalue weighted by Crippen LogP contribution is -2.22. The Kier molecular flexibility index (Phi) is 4.80. The molecule has 2 heteroatoms. The van der Waals surface area contributed by atoms with Crippen LogP contribution >= 0.6 is 0 Å². The number of nitrogens with zero attached hydrogens (tertiary/aromatic N) is 1. The van der Waals surface area contributed by atoms with Gasteiger partial charge >= 0.3 is 0 Å². The van der Waals surface area contributed by atoms with Crippen molar-refractivity contribution in [3.63, 3.8) is 0 Å². The molecule has 0 amide bonds. The summed E-state index contributed by atoms with van der Waals surface area (Å²) in [4.78, 5) is 2.29. The van der Waals surface area contributed by atoms with E-state index >= 15 is 0 Å². The van der Waals surface area contributed by atoms with Gasteiger partial charge in [-0.05, 0) is 37.5 Å². The first-order chi connectivity index (χ1) is 9.56. The van der Waals surface area contributed by atoms with E-state index in [-0.39, 0.29) is 6.04 Å². The van der Waals surface area contributed by atoms with Crippen molar-refractivity contribution in [1.82, 2.24) is 0 Å². The van der Waals surface area contributed by atoms with Crippen molar-refractivity contribution in [3.05, 3.63) is 65.2 Å². The van der Waals surface area contributed by atoms with E-state index in [0.29, 0.717) is 0 Å². The fraction of sp³-hybridized carbons (Fsp3) is 0.333. The molecule has 2 rings (SSSR count). The van der Waals surface area contributed by atoms with Crippen LogP contribution in [0.1, 0.15) is 23.6 Å². The number of rotatable bonds is 5. The van der Waals surface area contributed by atoms with Crippen molar-refractivity contribution in [2.45, 2.75) is 32.9 Å². The Labute approximate surface area is 122 Å². The molecule has 0 spiro atoms. The molecule has 0 aliphatic heterocycles. The first kappa shape index (κ1) is 14.6. The molecule has 0 fully saturated rings. The van der Waals surface area contributed by atoms with Gasteiger partial charge in [0, 0.05) is 25.3 Å². The minimum absolute atomic E-state index is 0.184. The molecule has 2 aromatic rings. The van der Waals surface area contributed by atoms with Crippen molar-refractivity contribution in [2.75, 3.05) is 11.9 Å². The van der Waals surface area contributed by atoms with Crippen molar-refractivity contribution < 1.29 is 0 Å². The highest BCUT2D eigenvalue weighted by molar-refractivity contribution is 5.53. The number of hydrogen-bond acceptors (Lipinski definition) is 2. The van der Waals surface area contributed by atoms with E-state index in [1.807, 2.05) is 0 Å². The van der Waals surface area contributed by atoms with E-state index in [0.717, 1.165) is 13.0 Å². The first-order valence-electron chi connectivity index (χ1n) is 7.16. The number of anilines is 1. The third-order valence-electron chi connectivity index (χ3n) is 3.49. The van der Waals surface area contributed by atoms with Crippen LogP contribution < -0.4 is 10.6 Å². The Balaban J connectivity index is 2.16. The van der Waals surface area contributed by atoms with Gasteiger partial charge in [0.15, 0.2) is 0 Å². The van der Waals surface area contributed by atoms with E-state index in [4.69, 9.17) is 5.73 Å². The molecule has 0 heterocycles. The summed E-state index contributed by atoms with van der Waals surface area (Å²) < 4.78 is 0. The van der Waals surface area contributed by atoms with Gasteiger partial charge in [-0.15, -0.1) is 0 Å². The highest BCUT2D eigenvalue weighted by Gasteiger charge is 2.09. The number of aryl methyl sites for hydroxylation is 1. The smallest absolute Gasteiger partial charge is 0.0426 e. The molecule has 0 radical (unpaired) electrons. The minimum Gasteiger partial charge on any atom is -0.370 e. The average molecular weight is 268 g/mol. The molecule has 0 saturated heterocycles. The molecule has 2 aromatic carbocycles. The summed E-state index contributed by atoms with van der Waals surface area (Å²) in [5, 5.41) is 0. The van der Waals surface area contributed by atoms with Gasteiger partial charge in [-0.3, -0.25) is 0 Å². The Morgan fingerprint density at radius 1 is 1.05 bits per heavy atom. The Morgan fingerprint density at radius 3 is 2.35 bits per heavy atom. The van der Waals surface area contributed by atoms with Crippen LogP contribution in [0, 0.1) is 6.92 Å². The monoisotopic (exact) mass is 268 g/mol. The lowest BCUT2D eigenvalue weighted by molar-refractivity contribution is 0.734. The second kappa shape index (κ2) is 6.58. The Morgan fingerprint density at radius 2 is 1.70 bits per heavy atom. The molecule has 2 nitrogen and oxygen atoms in total. The summed E-state index contributed by atoms with van der Waals surface area (Å²) in [6.07, 6.45) is 0.911. The molecule has 0 aromatic heterocycles. The van der Waals surface area contributed by atoms with Crippen LogP contribution in [0.3, 0.4) is 0 Å². The normalized spacial score (nSPS) is 12.2. The van der Waals surface area contributed by atoms with E-state index in [1.54, 1.807) is 0 Å². The maximum absolute atomic E-state index is 5.94. The van der Waals surface area contributed by atoms with Gasteiger partial charge in [0.2, 0.25) is 0 Å². The molecule has 106 valence electrons. The van der Waals surface area contributed by atoms with Crippen LogP contribution in [0.5, 0.6) is 0 Å². The zero-order chi connectivity index (χ0) is 14.5. The standard InChI is InChI=1S/C18H24N2/c1-14-8-10-16(11-9-14)13-20(3)18-7-5-4-6-17(18)12-15(2)19/h4-11,15H,12-13,19H2,1-3H3. The predicted molar refractivity (Wildman–Crippen MR) is 87.1 cm³/mol. The van der Waals surface area contributed by atoms with Gasteiger partial charge in [-0.2, -0.15) is 0 Å². The number of para-hydroxylation sites is 1. The number of benzene rings is 2. The zero-order valence-electron chi connectivity index (χ0n) is 12.6. The summed E-state index contributed by atoms with van der Waals surface area (Å²) in [5.41, 5.74) is 11.2. The highest BCUT2D eigenvalue weighted by Crippen LogP contribution is 2.22. The van der Waals surface area contributed by atoms with Crippen molar-refractivity contribution in [1.29, 1.82) is 0 Å². The van der Waals surface area contributed by atoms with Gasteiger partial charge in [-0.1, -0.05) is 48.0 Å². The molecule has 1 atom stereocenters. The highest BCUT2D eigenvalue weighted by atomic mass is 15.1. The molecule has 0 aliphatic rings. The number of hydrogen-bond donors (Lipinski definition) is 1. The summed E-state index contributed by atoms with van der Waals surface area (Å²) in [6.45, 7) is 5.08. The molecule has 0 bridgehead atoms. The van der Waals surface area contributed by atoms with E-state index in [9.17, 15) is 0 Å². The van der Waals surface area contributed by atoms with E-state index < -0.39 is 0 Å². The van der Waals surface area contributed by atoms with Gasteiger partial charge in [0.25, 0.3) is 0 Å². The first-order valence-corrected chi connectivity index (χ1v) is 7.16. The summed E-state index contributed by atoms with van der Waals surface area (Å²) in [6, 6.07) is 17.4. The summed E-state index contributed by atoms with van der Waals surface area (Å²) >= 11 is 0. The largest absolute Gasteiger partial charge is 0.370 e. The fourth-order valence-electron chi connectivity index (χ4n) is 2.46. The van der Waals surface area contributed by atoms with Gasteiger partial charge in [-0.25, -0.2) is 0 Å². The minimum atomic E-state index is 0.184. The molecule has 0 saturated carbocycles. The maximum atomic E-state index is 5.94. The van der Waals surface area contributed by atoms with Crippen LogP contribution in [-0.4, -0.2) is 13.1 Å². The molecule has 20 heavy (non-hydrogen) atoms. The lowest BCUT2D eigenvalue weighted by Gasteiger charge is -2.23. The maximum Gasteiger partial charge on any atom is 0.0426 e. The van der Waals surface area contributed by atoms with Crippen LogP contribution in [0.4, 0.5) is 5.69 Å². The SMILES string of the molecule is Cc1ccc(CN(C)c2ccccc2CC(C)N)cc1. The van der Waals surface area contributed by atoms with Crippen molar-refractivity contribution >= 4 is 5.69 Å². The molecule has 2 N–H and O–H groups in total. The van der Waals surface area contributed by atoms with Crippen molar-refractivity contribution in [2.24, 2.45) is 5.73 Å². The lowest BCUT2D eigenvalue weighted by atomic mass is 10.0. The molecular formula is C18H24N2. The molecule has 1 unspecified atom stereocenters. The summed E-state index contributed by atoms with van der Waals surface area (Å²) in [5.74, 6) is 0. The summed E-state index contributed by atoms with van der Waals surface area (Å²) in [7, 11) is 2.14. The average Bonchev–Trinajstić information content (AvgIpc) is 2.41. The van der Waals surface area contributed by atoms with Gasteiger partial charge < -0.3 is 10.6 Å². The second-order valence-electron chi connectivity index (χ2n) is 5.65. The van der Waals surface area contributed by atoms with Crippen LogP contribution in [0.25, 0.3) is 0 Å². The molecular weight excluding hydrogens is 244 g/mol. The van der Waals surface area contributed by atoms with E-state index in [1.165, 1.54) is 22.4 Å². The second-order valence-corrected chi connectivity index (χ2v) is 5.65. The topological polar surface area (TPSA) is 29.3 Å². The Hall–Kier alpha value is -1.80. The third kappa shape index (κ3) is 3.84. The third-order valence-corrected chi connectivity index (χ3v) is 3.49. The van der Waals surface area contributed by atoms with Crippen LogP contribution in [-0.2, 0) is 13.0 Å². The van der Waals surface area contributed by atoms with Gasteiger partial charge in [0.1, 0.15) is 0 Å². The van der Waals surface area contributed by atoms with Crippen LogP contribution in [0.2, 0.25) is 0 Å². The van der Waals surface area contributed by atoms with Gasteiger partial charge in [0.05, 0.1) is 0 Å². The van der Waals surface area contributed by atoms with Crippen LogP contribution in [0.15, 0.2) is 48.5 Å². The quantitative estimate of drug-likeness (QED) is 0.899. The zero-order valence-corrected chi connectivity index (χ0v) is 12.6.